The fourth-order valence-corrected chi connectivity index (χ4v) is 3.08. The van der Waals surface area contributed by atoms with Crippen molar-refractivity contribution in [1.82, 2.24) is 20.2 Å². The van der Waals surface area contributed by atoms with Crippen LogP contribution in [-0.4, -0.2) is 33.4 Å². The average Bonchev–Trinajstić information content (AvgIpc) is 2.95. The smallest absolute Gasteiger partial charge is 0.318 e. The first-order valence-corrected chi connectivity index (χ1v) is 8.72. The van der Waals surface area contributed by atoms with E-state index >= 15 is 0 Å². The Morgan fingerprint density at radius 1 is 1.41 bits per heavy atom. The van der Waals surface area contributed by atoms with E-state index in [-0.39, 0.29) is 24.1 Å². The molecule has 2 amide bonds. The van der Waals surface area contributed by atoms with E-state index in [1.165, 1.54) is 11.0 Å². The van der Waals surface area contributed by atoms with Crippen LogP contribution in [0.3, 0.4) is 0 Å². The van der Waals surface area contributed by atoms with E-state index in [0.29, 0.717) is 27.6 Å². The number of anilines is 1. The van der Waals surface area contributed by atoms with Crippen LogP contribution < -0.4 is 11.1 Å². The number of nitrogen functional groups attached to an aromatic ring is 1. The Bertz CT molecular complexity index is 833. The third-order valence-corrected chi connectivity index (χ3v) is 4.14. The maximum absolute atomic E-state index is 13.0. The van der Waals surface area contributed by atoms with Gasteiger partial charge in [0.1, 0.15) is 0 Å². The monoisotopic (exact) mass is 417 g/mol. The Morgan fingerprint density at radius 3 is 2.63 bits per heavy atom. The molecule has 0 saturated heterocycles. The fraction of sp³-hybridized carbons (Fsp3) is 0.353. The van der Waals surface area contributed by atoms with Crippen molar-refractivity contribution in [3.8, 4) is 0 Å². The second kappa shape index (κ2) is 8.22. The number of halogens is 4. The van der Waals surface area contributed by atoms with Gasteiger partial charge in [0.2, 0.25) is 5.95 Å². The minimum absolute atomic E-state index is 0.0135. The lowest BCUT2D eigenvalue weighted by Crippen LogP contribution is -2.41. The summed E-state index contributed by atoms with van der Waals surface area (Å²) in [5.41, 5.74) is 7.96. The number of hydrogen-bond donors (Lipinski definition) is 2. The van der Waals surface area contributed by atoms with E-state index in [1.54, 1.807) is 13.0 Å². The Morgan fingerprint density at radius 2 is 2.07 bits per heavy atom. The van der Waals surface area contributed by atoms with E-state index in [1.807, 2.05) is 0 Å². The van der Waals surface area contributed by atoms with E-state index < -0.39 is 18.5 Å². The largest absolute Gasteiger partial charge is 0.368 e. The van der Waals surface area contributed by atoms with Crippen LogP contribution in [0.4, 0.5) is 19.5 Å². The van der Waals surface area contributed by atoms with Crippen molar-refractivity contribution in [2.45, 2.75) is 32.9 Å². The molecule has 0 fully saturated rings. The van der Waals surface area contributed by atoms with Crippen LogP contribution >= 0.6 is 23.2 Å². The molecule has 0 aliphatic carbocycles. The maximum Gasteiger partial charge on any atom is 0.318 e. The summed E-state index contributed by atoms with van der Waals surface area (Å²) in [6.45, 7) is 5.56. The highest BCUT2D eigenvalue weighted by Gasteiger charge is 2.31. The molecule has 0 aromatic carbocycles. The molecular formula is C17H19Cl2F2N5O. The molecular weight excluding hydrogens is 399 g/mol. The van der Waals surface area contributed by atoms with Gasteiger partial charge in [0, 0.05) is 23.1 Å². The minimum Gasteiger partial charge on any atom is -0.368 e. The van der Waals surface area contributed by atoms with Gasteiger partial charge in [0.25, 0.3) is 5.92 Å². The molecule has 1 aliphatic heterocycles. The van der Waals surface area contributed by atoms with E-state index in [2.05, 4.69) is 21.9 Å². The number of hydrogen-bond acceptors (Lipinski definition) is 4. The summed E-state index contributed by atoms with van der Waals surface area (Å²) in [7, 11) is 0. The summed E-state index contributed by atoms with van der Waals surface area (Å²) in [5.74, 6) is -2.99. The van der Waals surface area contributed by atoms with Crippen molar-refractivity contribution in [3.05, 3.63) is 45.7 Å². The number of nitrogens with one attached hydrogen (secondary N) is 1. The number of alkyl halides is 2. The molecule has 0 spiro atoms. The Balaban J connectivity index is 2.32. The number of aromatic nitrogens is 2. The molecule has 2 rings (SSSR count). The first-order chi connectivity index (χ1) is 12.5. The molecule has 146 valence electrons. The predicted molar refractivity (Wildman–Crippen MR) is 102 cm³/mol. The molecule has 1 aromatic heterocycles. The third-order valence-electron chi connectivity index (χ3n) is 3.72. The summed E-state index contributed by atoms with van der Waals surface area (Å²) in [4.78, 5) is 21.9. The van der Waals surface area contributed by atoms with Crippen molar-refractivity contribution in [3.63, 3.8) is 0 Å². The zero-order chi connectivity index (χ0) is 20.4. The Hall–Kier alpha value is -2.19. The lowest BCUT2D eigenvalue weighted by Gasteiger charge is -2.18. The van der Waals surface area contributed by atoms with E-state index in [0.717, 1.165) is 6.92 Å². The predicted octanol–water partition coefficient (Wildman–Crippen LogP) is 4.02. The number of allylic oxidation sites excluding steroid dienone is 5. The lowest BCUT2D eigenvalue weighted by atomic mass is 10.0. The summed E-state index contributed by atoms with van der Waals surface area (Å²) >= 11 is 12.1. The first-order valence-electron chi connectivity index (χ1n) is 7.96. The molecule has 0 unspecified atom stereocenters. The molecule has 10 heteroatoms. The highest BCUT2D eigenvalue weighted by molar-refractivity contribution is 6.39. The van der Waals surface area contributed by atoms with Gasteiger partial charge in [-0.25, -0.2) is 23.5 Å². The number of carbonyl (C=O) groups is 1. The van der Waals surface area contributed by atoms with Crippen LogP contribution in [0.5, 0.6) is 0 Å². The number of urea groups is 1. The van der Waals surface area contributed by atoms with Crippen LogP contribution in [0.25, 0.3) is 5.57 Å². The summed E-state index contributed by atoms with van der Waals surface area (Å²) < 4.78 is 26.0. The van der Waals surface area contributed by atoms with Gasteiger partial charge in [-0.15, -0.1) is 0 Å². The van der Waals surface area contributed by atoms with Crippen LogP contribution in [0.15, 0.2) is 28.8 Å². The number of amides is 2. The minimum atomic E-state index is -3.00. The van der Waals surface area contributed by atoms with Crippen LogP contribution in [0.2, 0.25) is 0 Å². The van der Waals surface area contributed by atoms with Gasteiger partial charge in [0.05, 0.1) is 36.1 Å². The quantitative estimate of drug-likeness (QED) is 0.708. The molecule has 0 radical (unpaired) electrons. The van der Waals surface area contributed by atoms with Crippen molar-refractivity contribution < 1.29 is 13.6 Å². The van der Waals surface area contributed by atoms with Gasteiger partial charge in [-0.3, -0.25) is 0 Å². The molecule has 0 bridgehead atoms. The summed E-state index contributed by atoms with van der Waals surface area (Å²) in [6.07, 6.45) is 3.19. The topological polar surface area (TPSA) is 84.1 Å². The second-order valence-corrected chi connectivity index (χ2v) is 6.97. The molecule has 1 aliphatic rings. The summed E-state index contributed by atoms with van der Waals surface area (Å²) in [6, 6.07) is -0.628. The normalized spacial score (nSPS) is 15.0. The molecule has 6 nitrogen and oxygen atoms in total. The van der Waals surface area contributed by atoms with E-state index in [9.17, 15) is 13.6 Å². The Kier molecular flexibility index (Phi) is 6.43. The molecule has 0 saturated carbocycles. The number of nitrogens with zero attached hydrogens (tertiary/aromatic N) is 3. The average molecular weight is 418 g/mol. The zero-order valence-electron chi connectivity index (χ0n) is 14.8. The lowest BCUT2D eigenvalue weighted by molar-refractivity contribution is 0.0239. The standard InChI is InChI=1S/C17H19Cl2F2N5O/c1-4-10(12(19)5-9(2)18)14-11-6-26(7-13(11)24-15(22)25-14)16(27)23-8-17(3,20)21/h4-5H,2,6-8H2,1,3H3,(H,23,27)(H2,22,24,25)/b10-4?,12-5+. The van der Waals surface area contributed by atoms with Gasteiger partial charge in [0.15, 0.2) is 0 Å². The first kappa shape index (κ1) is 21.1. The van der Waals surface area contributed by atoms with Gasteiger partial charge in [-0.1, -0.05) is 35.9 Å². The highest BCUT2D eigenvalue weighted by Crippen LogP contribution is 2.34. The van der Waals surface area contributed by atoms with Crippen molar-refractivity contribution >= 4 is 40.8 Å². The number of rotatable bonds is 5. The number of nitrogens with two attached hydrogens (primary N) is 1. The van der Waals surface area contributed by atoms with Crippen molar-refractivity contribution in [2.75, 3.05) is 12.3 Å². The van der Waals surface area contributed by atoms with Crippen molar-refractivity contribution in [2.24, 2.45) is 0 Å². The maximum atomic E-state index is 13.0. The number of fused-ring (bicyclic) bond motifs is 1. The zero-order valence-corrected chi connectivity index (χ0v) is 16.3. The van der Waals surface area contributed by atoms with Gasteiger partial charge in [-0.2, -0.15) is 0 Å². The molecule has 1 aromatic rings. The molecule has 2 heterocycles. The Labute approximate surface area is 165 Å². The summed E-state index contributed by atoms with van der Waals surface area (Å²) in [5, 5.41) is 2.74. The third kappa shape index (κ3) is 5.40. The molecule has 27 heavy (non-hydrogen) atoms. The van der Waals surface area contributed by atoms with Crippen LogP contribution in [-0.2, 0) is 13.1 Å². The molecule has 0 atom stereocenters. The fourth-order valence-electron chi connectivity index (χ4n) is 2.59. The second-order valence-electron chi connectivity index (χ2n) is 6.08. The van der Waals surface area contributed by atoms with Crippen LogP contribution in [0, 0.1) is 0 Å². The van der Waals surface area contributed by atoms with Crippen molar-refractivity contribution in [1.29, 1.82) is 0 Å². The van der Waals surface area contributed by atoms with E-state index in [4.69, 9.17) is 28.9 Å². The number of carbonyl (C=O) groups excluding carboxylic acids is 1. The van der Waals surface area contributed by atoms with Crippen LogP contribution in [0.1, 0.15) is 30.8 Å². The SMILES string of the molecule is C=C(Cl)/C=C(/Cl)C(=CC)c1nc(N)nc2c1CN(C(=O)NCC(C)(F)F)C2. The molecule has 3 N–H and O–H groups in total. The van der Waals surface area contributed by atoms with Gasteiger partial charge in [-0.05, 0) is 13.0 Å². The highest BCUT2D eigenvalue weighted by atomic mass is 35.5. The van der Waals surface area contributed by atoms with Gasteiger partial charge >= 0.3 is 6.03 Å². The van der Waals surface area contributed by atoms with Gasteiger partial charge < -0.3 is 16.0 Å².